The average Bonchev–Trinajstić information content (AvgIpc) is 2.80. The van der Waals surface area contributed by atoms with E-state index in [0.29, 0.717) is 11.8 Å². The molecule has 2 N–H and O–H groups in total. The van der Waals surface area contributed by atoms with Gasteiger partial charge in [-0.2, -0.15) is 0 Å². The molecule has 0 fully saturated rings. The van der Waals surface area contributed by atoms with Crippen LogP contribution in [0.5, 0.6) is 11.5 Å². The fraction of sp³-hybridized carbons (Fsp3) is 0.375. The zero-order chi connectivity index (χ0) is 19.5. The summed E-state index contributed by atoms with van der Waals surface area (Å²) in [5.74, 6) is -1.34. The molecule has 1 aromatic heterocycles. The van der Waals surface area contributed by atoms with Gasteiger partial charge in [-0.15, -0.1) is 0 Å². The van der Waals surface area contributed by atoms with Crippen LogP contribution in [0.15, 0.2) is 28.7 Å². The number of rotatable bonds is 8. The van der Waals surface area contributed by atoms with Crippen molar-refractivity contribution in [1.29, 1.82) is 0 Å². The van der Waals surface area contributed by atoms with Gasteiger partial charge in [0.1, 0.15) is 5.82 Å². The van der Waals surface area contributed by atoms with E-state index in [1.54, 1.807) is 6.07 Å². The number of furan rings is 1. The molecule has 0 radical (unpaired) electrons. The van der Waals surface area contributed by atoms with E-state index in [1.807, 2.05) is 19.6 Å². The number of alkyl halides is 1. The second-order valence-electron chi connectivity index (χ2n) is 6.63. The second-order valence-corrected chi connectivity index (χ2v) is 13.7. The maximum Gasteiger partial charge on any atom is 0.252 e. The van der Waals surface area contributed by atoms with Crippen LogP contribution in [0.4, 0.5) is 10.3 Å². The van der Waals surface area contributed by atoms with Gasteiger partial charge in [0.05, 0.1) is 5.75 Å². The average molecular weight is 466 g/mol. The van der Waals surface area contributed by atoms with Crippen LogP contribution in [0.25, 0.3) is 11.3 Å². The van der Waals surface area contributed by atoms with E-state index in [2.05, 4.69) is 20.7 Å². The van der Waals surface area contributed by atoms with Gasteiger partial charge in [-0.1, -0.05) is 28.1 Å². The lowest BCUT2D eigenvalue weighted by atomic mass is 10.1. The SMILES string of the molecule is C[Si](C)(C)Oc1c(NS(=O)(=O)CCCBr)oc(-c2cccc(F)c2)c1O. The molecular weight excluding hydrogens is 445 g/mol. The maximum atomic E-state index is 13.5. The Morgan fingerprint density at radius 1 is 1.35 bits per heavy atom. The Morgan fingerprint density at radius 3 is 2.62 bits per heavy atom. The first kappa shape index (κ1) is 20.8. The molecule has 0 aliphatic carbocycles. The summed E-state index contributed by atoms with van der Waals surface area (Å²) in [6.45, 7) is 5.64. The molecule has 26 heavy (non-hydrogen) atoms. The van der Waals surface area contributed by atoms with Crippen molar-refractivity contribution in [3.05, 3.63) is 30.1 Å². The Bertz CT molecular complexity index is 879. The van der Waals surface area contributed by atoms with Crippen molar-refractivity contribution in [2.75, 3.05) is 15.8 Å². The van der Waals surface area contributed by atoms with E-state index in [0.717, 1.165) is 0 Å². The maximum absolute atomic E-state index is 13.5. The van der Waals surface area contributed by atoms with Crippen LogP contribution in [0, 0.1) is 5.82 Å². The normalized spacial score (nSPS) is 12.2. The Balaban J connectivity index is 2.50. The van der Waals surface area contributed by atoms with Gasteiger partial charge in [-0.05, 0) is 38.2 Å². The van der Waals surface area contributed by atoms with Crippen molar-refractivity contribution in [3.8, 4) is 22.8 Å². The standard InChI is InChI=1S/C16H21BrFNO5SSi/c1-26(2,3)24-15-13(20)14(11-6-4-7-12(18)10-11)23-16(15)19-25(21,22)9-5-8-17/h4,6-7,10,19-20H,5,8-9H2,1-3H3. The first-order valence-corrected chi connectivity index (χ1v) is 14.1. The monoisotopic (exact) mass is 465 g/mol. The molecule has 6 nitrogen and oxygen atoms in total. The van der Waals surface area contributed by atoms with Crippen LogP contribution in [-0.2, 0) is 10.0 Å². The Labute approximate surface area is 161 Å². The first-order chi connectivity index (χ1) is 12.0. The fourth-order valence-corrected chi connectivity index (χ4v) is 4.63. The number of aromatic hydroxyl groups is 1. The number of halogens is 2. The molecule has 10 heteroatoms. The Morgan fingerprint density at radius 2 is 2.04 bits per heavy atom. The van der Waals surface area contributed by atoms with Crippen LogP contribution in [0.1, 0.15) is 6.42 Å². The summed E-state index contributed by atoms with van der Waals surface area (Å²) in [6, 6.07) is 5.45. The summed E-state index contributed by atoms with van der Waals surface area (Å²) >= 11 is 3.18. The summed E-state index contributed by atoms with van der Waals surface area (Å²) in [5.41, 5.74) is 0.272. The number of benzene rings is 1. The molecule has 2 rings (SSSR count). The predicted octanol–water partition coefficient (Wildman–Crippen LogP) is 4.53. The zero-order valence-electron chi connectivity index (χ0n) is 14.7. The van der Waals surface area contributed by atoms with Gasteiger partial charge >= 0.3 is 0 Å². The minimum atomic E-state index is -3.69. The molecule has 0 bridgehead atoms. The highest BCUT2D eigenvalue weighted by atomic mass is 79.9. The lowest BCUT2D eigenvalue weighted by Gasteiger charge is -2.19. The van der Waals surface area contributed by atoms with Crippen molar-refractivity contribution in [2.24, 2.45) is 0 Å². The number of hydrogen-bond acceptors (Lipinski definition) is 5. The molecule has 0 amide bonds. The van der Waals surface area contributed by atoms with Crippen molar-refractivity contribution >= 4 is 40.2 Å². The van der Waals surface area contributed by atoms with E-state index < -0.39 is 24.2 Å². The van der Waals surface area contributed by atoms with Crippen LogP contribution in [-0.4, -0.2) is 32.9 Å². The molecule has 0 atom stereocenters. The minimum Gasteiger partial charge on any atom is -0.538 e. The van der Waals surface area contributed by atoms with Gasteiger partial charge in [0.25, 0.3) is 5.88 Å². The third-order valence-electron chi connectivity index (χ3n) is 3.13. The summed E-state index contributed by atoms with van der Waals surface area (Å²) in [5, 5.41) is 11.1. The molecule has 1 heterocycles. The third-order valence-corrected chi connectivity index (χ3v) is 5.83. The molecule has 1 aromatic carbocycles. The van der Waals surface area contributed by atoms with Crippen LogP contribution in [0.2, 0.25) is 19.6 Å². The van der Waals surface area contributed by atoms with Gasteiger partial charge in [0.2, 0.25) is 29.8 Å². The van der Waals surface area contributed by atoms with Gasteiger partial charge in [0.15, 0.2) is 5.76 Å². The molecule has 0 unspecified atom stereocenters. The van der Waals surface area contributed by atoms with E-state index in [9.17, 15) is 17.9 Å². The highest BCUT2D eigenvalue weighted by Gasteiger charge is 2.29. The van der Waals surface area contributed by atoms with E-state index in [4.69, 9.17) is 8.84 Å². The van der Waals surface area contributed by atoms with Crippen LogP contribution in [0.3, 0.4) is 0 Å². The number of sulfonamides is 1. The fourth-order valence-electron chi connectivity index (χ4n) is 2.14. The molecule has 0 aliphatic rings. The van der Waals surface area contributed by atoms with Gasteiger partial charge in [0, 0.05) is 10.9 Å². The van der Waals surface area contributed by atoms with Crippen molar-refractivity contribution in [1.82, 2.24) is 0 Å². The van der Waals surface area contributed by atoms with Crippen LogP contribution < -0.4 is 9.15 Å². The van der Waals surface area contributed by atoms with Gasteiger partial charge < -0.3 is 13.9 Å². The van der Waals surface area contributed by atoms with Gasteiger partial charge in [-0.25, -0.2) is 17.5 Å². The quantitative estimate of drug-likeness (QED) is 0.441. The first-order valence-electron chi connectivity index (χ1n) is 7.89. The van der Waals surface area contributed by atoms with E-state index in [-0.39, 0.29) is 34.5 Å². The lowest BCUT2D eigenvalue weighted by molar-refractivity contribution is 0.440. The van der Waals surface area contributed by atoms with E-state index >= 15 is 0 Å². The van der Waals surface area contributed by atoms with Crippen molar-refractivity contribution in [2.45, 2.75) is 26.1 Å². The summed E-state index contributed by atoms with van der Waals surface area (Å²) < 4.78 is 51.6. The van der Waals surface area contributed by atoms with Gasteiger partial charge in [-0.3, -0.25) is 0 Å². The molecule has 144 valence electrons. The molecule has 0 saturated carbocycles. The molecular formula is C16H21BrFNO5SSi. The largest absolute Gasteiger partial charge is 0.538 e. The molecule has 0 saturated heterocycles. The number of anilines is 1. The predicted molar refractivity (Wildman–Crippen MR) is 106 cm³/mol. The molecule has 0 spiro atoms. The highest BCUT2D eigenvalue weighted by molar-refractivity contribution is 9.09. The van der Waals surface area contributed by atoms with Crippen LogP contribution >= 0.6 is 15.9 Å². The summed E-state index contributed by atoms with van der Waals surface area (Å²) in [4.78, 5) is 0. The molecule has 2 aromatic rings. The lowest BCUT2D eigenvalue weighted by Crippen LogP contribution is -2.29. The third kappa shape index (κ3) is 5.48. The number of nitrogens with one attached hydrogen (secondary N) is 1. The van der Waals surface area contributed by atoms with Crippen molar-refractivity contribution in [3.63, 3.8) is 0 Å². The summed E-state index contributed by atoms with van der Waals surface area (Å²) in [6.07, 6.45) is 0.406. The zero-order valence-corrected chi connectivity index (χ0v) is 18.1. The summed E-state index contributed by atoms with van der Waals surface area (Å²) in [7, 11) is -5.89. The Kier molecular flexibility index (Phi) is 6.40. The van der Waals surface area contributed by atoms with E-state index in [1.165, 1.54) is 18.2 Å². The minimum absolute atomic E-state index is 0.0593. The Hall–Kier alpha value is -1.52. The number of hydrogen-bond donors (Lipinski definition) is 2. The second kappa shape index (κ2) is 8.01. The highest BCUT2D eigenvalue weighted by Crippen LogP contribution is 2.47. The molecule has 0 aliphatic heterocycles. The topological polar surface area (TPSA) is 88.8 Å². The smallest absolute Gasteiger partial charge is 0.252 e. The van der Waals surface area contributed by atoms with Crippen molar-refractivity contribution < 1.29 is 26.8 Å².